The predicted octanol–water partition coefficient (Wildman–Crippen LogP) is 23.7. The van der Waals surface area contributed by atoms with Crippen molar-refractivity contribution in [3.05, 3.63) is 287 Å². The Kier molecular flexibility index (Phi) is 13.3. The van der Waals surface area contributed by atoms with Gasteiger partial charge in [0.25, 0.3) is 0 Å². The minimum absolute atomic E-state index is 0.00322. The first-order valence-electron chi connectivity index (χ1n) is 31.1. The second kappa shape index (κ2) is 20.7. The Hall–Kier alpha value is -9.27. The lowest BCUT2D eigenvalue weighted by molar-refractivity contribution is 0.590. The summed E-state index contributed by atoms with van der Waals surface area (Å²) in [5.74, 6) is 0. The minimum atomic E-state index is -0.748. The molecule has 88 heavy (non-hydrogen) atoms. The molecular weight excluding hydrogens is 1080 g/mol. The number of anilines is 6. The molecule has 3 nitrogen and oxygen atoms in total. The highest BCUT2D eigenvalue weighted by Gasteiger charge is 2.53. The quantitative estimate of drug-likeness (QED) is 0.152. The lowest BCUT2D eigenvalue weighted by Gasteiger charge is -2.33. The molecule has 0 saturated heterocycles. The predicted molar refractivity (Wildman–Crippen MR) is 375 cm³/mol. The molecular formula is C84H75N3S. The molecule has 0 amide bonds. The average molecular weight is 1160 g/mol. The van der Waals surface area contributed by atoms with Crippen LogP contribution in [0.1, 0.15) is 133 Å². The lowest BCUT2D eigenvalue weighted by atomic mass is 9.69. The second-order valence-electron chi connectivity index (χ2n) is 28.5. The zero-order chi connectivity index (χ0) is 61.2. The molecule has 4 heteroatoms. The summed E-state index contributed by atoms with van der Waals surface area (Å²) < 4.78 is 2.46. The standard InChI is InChI=1S/C84H75N3S/c1-80(2,3)58-31-27-54(28-32-58)56-18-15-20-64(49-56)86(62-39-35-60(36-40-62)82(7,8)9)66-43-44-68-69-45-47-76-77(78(69)84(74(68)51-66)72-24-14-13-22-67(72)71-48-53(52-85)26-46-73(71)84)70-23-17-25-75(79(70)88-76)87(63-41-37-61(38-42-63)83(10,11)12)65-21-16-19-57(50-65)55-29-33-59(34-30-55)81(4,5)6/h13-51H,1-12H3. The smallest absolute Gasteiger partial charge is 0.0991 e. The van der Waals surface area contributed by atoms with Crippen molar-refractivity contribution in [3.8, 4) is 50.6 Å². The molecule has 1 spiro atoms. The first kappa shape index (κ1) is 56.5. The van der Waals surface area contributed by atoms with Crippen LogP contribution in [-0.2, 0) is 27.1 Å². The van der Waals surface area contributed by atoms with Crippen LogP contribution in [0, 0.1) is 11.3 Å². The molecule has 0 radical (unpaired) electrons. The number of benzene rings is 11. The number of hydrogen-bond donors (Lipinski definition) is 0. The topological polar surface area (TPSA) is 30.3 Å². The number of rotatable bonds is 8. The largest absolute Gasteiger partial charge is 0.310 e. The zero-order valence-corrected chi connectivity index (χ0v) is 53.6. The van der Waals surface area contributed by atoms with Crippen LogP contribution in [-0.4, -0.2) is 0 Å². The van der Waals surface area contributed by atoms with Crippen LogP contribution in [0.25, 0.3) is 64.7 Å². The highest BCUT2D eigenvalue weighted by atomic mass is 32.1. The summed E-state index contributed by atoms with van der Waals surface area (Å²) in [7, 11) is 0. The van der Waals surface area contributed by atoms with Crippen molar-refractivity contribution in [1.82, 2.24) is 0 Å². The van der Waals surface area contributed by atoms with Crippen molar-refractivity contribution in [3.63, 3.8) is 0 Å². The van der Waals surface area contributed by atoms with Crippen LogP contribution in [0.2, 0.25) is 0 Å². The number of thiophene rings is 1. The molecule has 11 aromatic carbocycles. The van der Waals surface area contributed by atoms with Gasteiger partial charge in [0, 0.05) is 43.9 Å². The molecule has 12 aromatic rings. The normalized spacial score (nSPS) is 14.4. The van der Waals surface area contributed by atoms with Crippen molar-refractivity contribution in [2.24, 2.45) is 0 Å². The maximum Gasteiger partial charge on any atom is 0.0991 e. The van der Waals surface area contributed by atoms with Gasteiger partial charge < -0.3 is 9.80 Å². The van der Waals surface area contributed by atoms with Crippen molar-refractivity contribution in [1.29, 1.82) is 5.26 Å². The first-order valence-corrected chi connectivity index (χ1v) is 31.9. The summed E-state index contributed by atoms with van der Waals surface area (Å²) in [4.78, 5) is 4.94. The van der Waals surface area contributed by atoms with E-state index in [0.29, 0.717) is 5.56 Å². The first-order chi connectivity index (χ1) is 42.1. The molecule has 0 saturated carbocycles. The molecule has 0 fully saturated rings. The third kappa shape index (κ3) is 9.37. The molecule has 2 aliphatic rings. The Morgan fingerprint density at radius 2 is 0.818 bits per heavy atom. The zero-order valence-electron chi connectivity index (χ0n) is 52.8. The van der Waals surface area contributed by atoms with Gasteiger partial charge in [0.1, 0.15) is 0 Å². The summed E-state index contributed by atoms with van der Waals surface area (Å²) in [5.41, 5.74) is 26.2. The van der Waals surface area contributed by atoms with Gasteiger partial charge >= 0.3 is 0 Å². The van der Waals surface area contributed by atoms with Gasteiger partial charge in [-0.2, -0.15) is 5.26 Å². The van der Waals surface area contributed by atoms with E-state index >= 15 is 0 Å². The van der Waals surface area contributed by atoms with Crippen LogP contribution in [0.4, 0.5) is 34.1 Å². The Morgan fingerprint density at radius 3 is 1.38 bits per heavy atom. The number of nitriles is 1. The monoisotopic (exact) mass is 1160 g/mol. The Labute approximate surface area is 524 Å². The summed E-state index contributed by atoms with van der Waals surface area (Å²) in [6.07, 6.45) is 0. The van der Waals surface area contributed by atoms with Crippen molar-refractivity contribution in [2.45, 2.75) is 110 Å². The third-order valence-corrected chi connectivity index (χ3v) is 19.9. The fourth-order valence-electron chi connectivity index (χ4n) is 14.0. The molecule has 1 aromatic heterocycles. The van der Waals surface area contributed by atoms with Gasteiger partial charge in [-0.1, -0.05) is 235 Å². The molecule has 432 valence electrons. The molecule has 2 aliphatic carbocycles. The van der Waals surface area contributed by atoms with E-state index in [-0.39, 0.29) is 21.7 Å². The molecule has 14 rings (SSSR count). The number of nitrogens with zero attached hydrogens (tertiary/aromatic N) is 3. The van der Waals surface area contributed by atoms with Crippen molar-refractivity contribution < 1.29 is 0 Å². The van der Waals surface area contributed by atoms with Gasteiger partial charge in [-0.05, 0) is 196 Å². The van der Waals surface area contributed by atoms with Crippen molar-refractivity contribution >= 4 is 65.6 Å². The maximum atomic E-state index is 10.6. The SMILES string of the molecule is CC(C)(C)c1ccc(-c2cccc(N(c3ccc(C(C)(C)C)cc3)c3ccc4c(c3)C3(c5ccccc5-c5cc(C#N)ccc53)c3c-4ccc4sc5c(N(c6ccc(C(C)(C)C)cc6)c6cccc(-c7ccc(C(C)(C)C)cc7)c6)cccc5c34)c2)cc1. The Bertz CT molecular complexity index is 4760. The Balaban J connectivity index is 1.00. The van der Waals surface area contributed by atoms with E-state index in [0.717, 1.165) is 50.8 Å². The van der Waals surface area contributed by atoms with Gasteiger partial charge in [0.2, 0.25) is 0 Å². The van der Waals surface area contributed by atoms with E-state index in [1.807, 2.05) is 17.4 Å². The van der Waals surface area contributed by atoms with Gasteiger partial charge in [-0.3, -0.25) is 0 Å². The van der Waals surface area contributed by atoms with Gasteiger partial charge in [0.05, 0.1) is 27.4 Å². The minimum Gasteiger partial charge on any atom is -0.310 e. The van der Waals surface area contributed by atoms with Gasteiger partial charge in [-0.25, -0.2) is 0 Å². The summed E-state index contributed by atoms with van der Waals surface area (Å²) >= 11 is 1.89. The van der Waals surface area contributed by atoms with E-state index in [1.165, 1.54) is 92.5 Å². The molecule has 0 N–H and O–H groups in total. The second-order valence-corrected chi connectivity index (χ2v) is 29.6. The van der Waals surface area contributed by atoms with Crippen LogP contribution in [0.3, 0.4) is 0 Å². The Morgan fingerprint density at radius 1 is 0.352 bits per heavy atom. The van der Waals surface area contributed by atoms with Crippen LogP contribution in [0.15, 0.2) is 237 Å². The molecule has 0 aliphatic heterocycles. The van der Waals surface area contributed by atoms with Gasteiger partial charge in [0.15, 0.2) is 0 Å². The van der Waals surface area contributed by atoms with Crippen LogP contribution < -0.4 is 9.80 Å². The lowest BCUT2D eigenvalue weighted by Crippen LogP contribution is -2.26. The van der Waals surface area contributed by atoms with E-state index < -0.39 is 5.41 Å². The molecule has 1 atom stereocenters. The maximum absolute atomic E-state index is 10.6. The molecule has 0 bridgehead atoms. The molecule has 1 unspecified atom stereocenters. The van der Waals surface area contributed by atoms with E-state index in [1.54, 1.807) is 0 Å². The summed E-state index contributed by atoms with van der Waals surface area (Å²) in [6.45, 7) is 27.3. The highest BCUT2D eigenvalue weighted by molar-refractivity contribution is 7.26. The van der Waals surface area contributed by atoms with E-state index in [9.17, 15) is 5.26 Å². The highest BCUT2D eigenvalue weighted by Crippen LogP contribution is 2.66. The van der Waals surface area contributed by atoms with E-state index in [2.05, 4.69) is 329 Å². The summed E-state index contributed by atoms with van der Waals surface area (Å²) in [6, 6.07) is 91.7. The average Bonchev–Trinajstić information content (AvgIpc) is 1.50. The van der Waals surface area contributed by atoms with Crippen LogP contribution >= 0.6 is 11.3 Å². The number of fused-ring (bicyclic) bond motifs is 14. The van der Waals surface area contributed by atoms with Gasteiger partial charge in [-0.15, -0.1) is 11.3 Å². The van der Waals surface area contributed by atoms with E-state index in [4.69, 9.17) is 0 Å². The summed E-state index contributed by atoms with van der Waals surface area (Å²) in [5, 5.41) is 13.1. The fourth-order valence-corrected chi connectivity index (χ4v) is 15.2. The third-order valence-electron chi connectivity index (χ3n) is 18.7. The van der Waals surface area contributed by atoms with Crippen LogP contribution in [0.5, 0.6) is 0 Å². The van der Waals surface area contributed by atoms with Crippen molar-refractivity contribution in [2.75, 3.05) is 9.80 Å². The molecule has 1 heterocycles. The fraction of sp³-hybridized carbons (Fsp3) is 0.202. The number of hydrogen-bond acceptors (Lipinski definition) is 4.